The zero-order valence-corrected chi connectivity index (χ0v) is 10.2. The fraction of sp³-hybridized carbons (Fsp3) is 0.571. The van der Waals surface area contributed by atoms with Gasteiger partial charge < -0.3 is 10.8 Å². The molecule has 1 aromatic carbocycles. The Hall–Kier alpha value is -0.860. The second-order valence-corrected chi connectivity index (χ2v) is 5.19. The molecule has 0 heterocycles. The Kier molecular flexibility index (Phi) is 3.04. The number of benzene rings is 1. The van der Waals surface area contributed by atoms with Crippen LogP contribution >= 0.6 is 0 Å². The summed E-state index contributed by atoms with van der Waals surface area (Å²) in [7, 11) is 0. The third-order valence-corrected chi connectivity index (χ3v) is 3.81. The first-order valence-electron chi connectivity index (χ1n) is 6.07. The van der Waals surface area contributed by atoms with Crippen molar-refractivity contribution in [3.8, 4) is 0 Å². The van der Waals surface area contributed by atoms with Crippen molar-refractivity contribution in [1.29, 1.82) is 0 Å². The Balaban J connectivity index is 2.31. The van der Waals surface area contributed by atoms with Crippen molar-refractivity contribution in [2.45, 2.75) is 51.2 Å². The Morgan fingerprint density at radius 3 is 2.69 bits per heavy atom. The molecule has 0 aliphatic heterocycles. The van der Waals surface area contributed by atoms with Gasteiger partial charge in [0.15, 0.2) is 0 Å². The van der Waals surface area contributed by atoms with Crippen LogP contribution in [-0.4, -0.2) is 11.1 Å². The second-order valence-electron chi connectivity index (χ2n) is 5.19. The van der Waals surface area contributed by atoms with Crippen LogP contribution in [0.4, 0.5) is 0 Å². The molecule has 0 radical (unpaired) electrons. The van der Waals surface area contributed by atoms with Gasteiger partial charge in [-0.1, -0.05) is 18.2 Å². The second kappa shape index (κ2) is 4.19. The van der Waals surface area contributed by atoms with Crippen molar-refractivity contribution < 1.29 is 5.11 Å². The van der Waals surface area contributed by atoms with Gasteiger partial charge in [0.2, 0.25) is 0 Å². The molecule has 1 fully saturated rings. The molecule has 0 spiro atoms. The zero-order chi connectivity index (χ0) is 11.8. The lowest BCUT2D eigenvalue weighted by atomic mass is 9.77. The van der Waals surface area contributed by atoms with Crippen LogP contribution in [0.1, 0.15) is 42.4 Å². The molecule has 88 valence electrons. The molecule has 0 amide bonds. The van der Waals surface area contributed by atoms with Gasteiger partial charge in [0.05, 0.1) is 5.60 Å². The molecule has 2 atom stereocenters. The summed E-state index contributed by atoms with van der Waals surface area (Å²) >= 11 is 0. The number of hydrogen-bond donors (Lipinski definition) is 2. The Bertz CT molecular complexity index is 388. The van der Waals surface area contributed by atoms with Gasteiger partial charge in [-0.3, -0.25) is 0 Å². The maximum Gasteiger partial charge on any atom is 0.0911 e. The van der Waals surface area contributed by atoms with Gasteiger partial charge in [-0.25, -0.2) is 0 Å². The highest BCUT2D eigenvalue weighted by Crippen LogP contribution is 2.37. The fourth-order valence-electron chi connectivity index (χ4n) is 2.59. The van der Waals surface area contributed by atoms with Crippen molar-refractivity contribution >= 4 is 0 Å². The minimum absolute atomic E-state index is 0.139. The molecule has 0 aromatic heterocycles. The average molecular weight is 219 g/mol. The van der Waals surface area contributed by atoms with Crippen molar-refractivity contribution in [2.24, 2.45) is 5.73 Å². The van der Waals surface area contributed by atoms with E-state index in [-0.39, 0.29) is 6.04 Å². The van der Waals surface area contributed by atoms with Crippen LogP contribution < -0.4 is 5.73 Å². The predicted molar refractivity (Wildman–Crippen MR) is 66.3 cm³/mol. The Labute approximate surface area is 97.5 Å². The van der Waals surface area contributed by atoms with Crippen LogP contribution in [0.5, 0.6) is 0 Å². The van der Waals surface area contributed by atoms with E-state index in [0.717, 1.165) is 24.8 Å². The molecule has 2 nitrogen and oxygen atoms in total. The van der Waals surface area contributed by atoms with Crippen LogP contribution in [0.25, 0.3) is 0 Å². The van der Waals surface area contributed by atoms with Crippen LogP contribution in [0.15, 0.2) is 18.2 Å². The highest BCUT2D eigenvalue weighted by atomic mass is 16.3. The van der Waals surface area contributed by atoms with Crippen molar-refractivity contribution in [3.63, 3.8) is 0 Å². The van der Waals surface area contributed by atoms with Gasteiger partial charge in [0.1, 0.15) is 0 Å². The minimum atomic E-state index is -0.698. The number of aryl methyl sites for hydroxylation is 2. The lowest BCUT2D eigenvalue weighted by Gasteiger charge is -2.36. The molecule has 3 N–H and O–H groups in total. The summed E-state index contributed by atoms with van der Waals surface area (Å²) in [6.07, 6.45) is 3.58. The summed E-state index contributed by atoms with van der Waals surface area (Å²) in [6.45, 7) is 4.18. The van der Waals surface area contributed by atoms with E-state index in [0.29, 0.717) is 6.42 Å². The van der Waals surface area contributed by atoms with E-state index in [4.69, 9.17) is 5.73 Å². The molecule has 1 aliphatic rings. The summed E-state index contributed by atoms with van der Waals surface area (Å²) in [6, 6.07) is 6.37. The maximum atomic E-state index is 10.6. The molecule has 2 rings (SSSR count). The quantitative estimate of drug-likeness (QED) is 0.762. The summed E-state index contributed by atoms with van der Waals surface area (Å²) in [5.74, 6) is 0. The van der Waals surface area contributed by atoms with E-state index in [9.17, 15) is 5.11 Å². The number of nitrogens with two attached hydrogens (primary N) is 1. The summed E-state index contributed by atoms with van der Waals surface area (Å²) < 4.78 is 0. The Morgan fingerprint density at radius 2 is 2.06 bits per heavy atom. The number of aliphatic hydroxyl groups is 1. The summed E-state index contributed by atoms with van der Waals surface area (Å²) in [5.41, 5.74) is 8.80. The van der Waals surface area contributed by atoms with Gasteiger partial charge >= 0.3 is 0 Å². The molecule has 2 heteroatoms. The predicted octanol–water partition coefficient (Wildman–Crippen LogP) is 2.39. The Morgan fingerprint density at radius 1 is 1.31 bits per heavy atom. The van der Waals surface area contributed by atoms with E-state index < -0.39 is 5.60 Å². The lowest BCUT2D eigenvalue weighted by Crippen LogP contribution is -2.39. The zero-order valence-electron chi connectivity index (χ0n) is 10.2. The fourth-order valence-corrected chi connectivity index (χ4v) is 2.59. The summed E-state index contributed by atoms with van der Waals surface area (Å²) in [4.78, 5) is 0. The number of hydrogen-bond acceptors (Lipinski definition) is 2. The highest BCUT2D eigenvalue weighted by Gasteiger charge is 2.34. The standard InChI is InChI=1S/C14H21NO/c1-10-5-6-12(8-11(10)2)14(16)7-3-4-13(15)9-14/h5-6,8,13,16H,3-4,7,9,15H2,1-2H3. The van der Waals surface area contributed by atoms with Crippen molar-refractivity contribution in [3.05, 3.63) is 34.9 Å². The van der Waals surface area contributed by atoms with Crippen molar-refractivity contribution in [2.75, 3.05) is 0 Å². The van der Waals surface area contributed by atoms with E-state index in [1.54, 1.807) is 0 Å². The van der Waals surface area contributed by atoms with Gasteiger partial charge in [-0.2, -0.15) is 0 Å². The first kappa shape index (κ1) is 11.6. The normalized spacial score (nSPS) is 30.4. The van der Waals surface area contributed by atoms with Gasteiger partial charge in [0, 0.05) is 6.04 Å². The van der Waals surface area contributed by atoms with Gasteiger partial charge in [-0.15, -0.1) is 0 Å². The van der Waals surface area contributed by atoms with Gasteiger partial charge in [0.25, 0.3) is 0 Å². The molecule has 1 aromatic rings. The molecule has 2 unspecified atom stereocenters. The van der Waals surface area contributed by atoms with Crippen LogP contribution in [0.2, 0.25) is 0 Å². The van der Waals surface area contributed by atoms with Crippen molar-refractivity contribution in [1.82, 2.24) is 0 Å². The third kappa shape index (κ3) is 2.13. The van der Waals surface area contributed by atoms with Crippen LogP contribution in [0, 0.1) is 13.8 Å². The monoisotopic (exact) mass is 219 g/mol. The first-order chi connectivity index (χ1) is 7.51. The van der Waals surface area contributed by atoms with E-state index in [1.165, 1.54) is 11.1 Å². The van der Waals surface area contributed by atoms with Crippen LogP contribution in [0.3, 0.4) is 0 Å². The molecule has 0 saturated heterocycles. The lowest BCUT2D eigenvalue weighted by molar-refractivity contribution is -0.00721. The maximum absolute atomic E-state index is 10.6. The van der Waals surface area contributed by atoms with E-state index in [1.807, 2.05) is 6.07 Å². The summed E-state index contributed by atoms with van der Waals surface area (Å²) in [5, 5.41) is 10.6. The minimum Gasteiger partial charge on any atom is -0.385 e. The molecule has 16 heavy (non-hydrogen) atoms. The van der Waals surface area contributed by atoms with E-state index >= 15 is 0 Å². The smallest absolute Gasteiger partial charge is 0.0911 e. The number of rotatable bonds is 1. The third-order valence-electron chi connectivity index (χ3n) is 3.81. The SMILES string of the molecule is Cc1ccc(C2(O)CCCC(N)C2)cc1C. The van der Waals surface area contributed by atoms with E-state index in [2.05, 4.69) is 26.0 Å². The highest BCUT2D eigenvalue weighted by molar-refractivity contribution is 5.33. The largest absolute Gasteiger partial charge is 0.385 e. The topological polar surface area (TPSA) is 46.2 Å². The van der Waals surface area contributed by atoms with Gasteiger partial charge in [-0.05, 0) is 56.2 Å². The molecule has 1 aliphatic carbocycles. The van der Waals surface area contributed by atoms with Crippen LogP contribution in [-0.2, 0) is 5.60 Å². The molecule has 1 saturated carbocycles. The first-order valence-corrected chi connectivity index (χ1v) is 6.07. The average Bonchev–Trinajstić information content (AvgIpc) is 2.21. The molecular weight excluding hydrogens is 198 g/mol. The molecule has 0 bridgehead atoms. The molecular formula is C14H21NO.